The zero-order chi connectivity index (χ0) is 17.2. The number of benzene rings is 1. The molecule has 0 spiro atoms. The van der Waals surface area contributed by atoms with Crippen molar-refractivity contribution in [3.63, 3.8) is 0 Å². The lowest BCUT2D eigenvalue weighted by Gasteiger charge is -2.37. The molecule has 0 radical (unpaired) electrons. The Morgan fingerprint density at radius 3 is 2.44 bits per heavy atom. The van der Waals surface area contributed by atoms with E-state index in [-0.39, 0.29) is 24.0 Å². The Labute approximate surface area is 169 Å². The Bertz CT molecular complexity index is 489. The summed E-state index contributed by atoms with van der Waals surface area (Å²) in [6, 6.07) is 11.0. The van der Waals surface area contributed by atoms with Crippen LogP contribution in [0.2, 0.25) is 0 Å². The van der Waals surface area contributed by atoms with E-state index in [0.29, 0.717) is 12.0 Å². The van der Waals surface area contributed by atoms with E-state index >= 15 is 0 Å². The number of morpholine rings is 1. The molecule has 142 valence electrons. The van der Waals surface area contributed by atoms with Gasteiger partial charge in [0, 0.05) is 39.3 Å². The number of nitrogens with one attached hydrogen (secondary N) is 2. The molecule has 1 heterocycles. The van der Waals surface area contributed by atoms with E-state index in [4.69, 9.17) is 4.74 Å². The number of hydrogen-bond acceptors (Lipinski definition) is 3. The molecule has 0 saturated carbocycles. The first kappa shape index (κ1) is 22.2. The third-order valence-electron chi connectivity index (χ3n) is 4.54. The third kappa shape index (κ3) is 7.92. The fourth-order valence-corrected chi connectivity index (χ4v) is 3.09. The maximum Gasteiger partial charge on any atom is 0.191 e. The second-order valence-electron chi connectivity index (χ2n) is 6.58. The van der Waals surface area contributed by atoms with Crippen molar-refractivity contribution >= 4 is 29.9 Å². The molecule has 0 aromatic heterocycles. The van der Waals surface area contributed by atoms with Gasteiger partial charge in [0.1, 0.15) is 0 Å². The number of halogens is 1. The van der Waals surface area contributed by atoms with E-state index < -0.39 is 0 Å². The second kappa shape index (κ2) is 12.5. The monoisotopic (exact) mass is 460 g/mol. The van der Waals surface area contributed by atoms with Gasteiger partial charge in [0.25, 0.3) is 0 Å². The van der Waals surface area contributed by atoms with Crippen molar-refractivity contribution < 1.29 is 4.74 Å². The minimum Gasteiger partial charge on any atom is -0.379 e. The van der Waals surface area contributed by atoms with E-state index in [1.807, 2.05) is 7.05 Å². The summed E-state index contributed by atoms with van der Waals surface area (Å²) in [5.41, 5.74) is 1.34. The van der Waals surface area contributed by atoms with Crippen molar-refractivity contribution in [1.82, 2.24) is 15.5 Å². The summed E-state index contributed by atoms with van der Waals surface area (Å²) in [6.07, 6.45) is 0.999. The van der Waals surface area contributed by atoms with Crippen molar-refractivity contribution in [2.45, 2.75) is 26.3 Å². The van der Waals surface area contributed by atoms with Crippen molar-refractivity contribution in [2.75, 3.05) is 46.4 Å². The molecule has 1 fully saturated rings. The molecule has 6 heteroatoms. The van der Waals surface area contributed by atoms with Crippen LogP contribution >= 0.6 is 24.0 Å². The number of rotatable bonds is 7. The first-order valence-electron chi connectivity index (χ1n) is 9.01. The largest absolute Gasteiger partial charge is 0.379 e. The van der Waals surface area contributed by atoms with Gasteiger partial charge in [-0.2, -0.15) is 0 Å². The molecule has 1 atom stereocenters. The number of aliphatic imine (C=N–C) groups is 1. The average molecular weight is 460 g/mol. The molecular formula is C19H33IN4O. The van der Waals surface area contributed by atoms with Gasteiger partial charge in [-0.25, -0.2) is 0 Å². The first-order chi connectivity index (χ1) is 11.7. The molecule has 5 nitrogen and oxygen atoms in total. The Morgan fingerprint density at radius 1 is 1.16 bits per heavy atom. The Morgan fingerprint density at radius 2 is 1.84 bits per heavy atom. The normalized spacial score (nSPS) is 17.0. The van der Waals surface area contributed by atoms with Gasteiger partial charge in [0.15, 0.2) is 5.96 Å². The summed E-state index contributed by atoms with van der Waals surface area (Å²) in [5.74, 6) is 1.47. The Kier molecular flexibility index (Phi) is 11.1. The quantitative estimate of drug-likeness (QED) is 0.373. The lowest BCUT2D eigenvalue weighted by Crippen LogP contribution is -2.52. The topological polar surface area (TPSA) is 48.9 Å². The zero-order valence-corrected chi connectivity index (χ0v) is 18.0. The van der Waals surface area contributed by atoms with Crippen LogP contribution in [0.5, 0.6) is 0 Å². The fraction of sp³-hybridized carbons (Fsp3) is 0.632. The molecule has 1 aromatic carbocycles. The fourth-order valence-electron chi connectivity index (χ4n) is 3.09. The van der Waals surface area contributed by atoms with Crippen LogP contribution in [-0.2, 0) is 11.2 Å². The second-order valence-corrected chi connectivity index (χ2v) is 6.58. The first-order valence-corrected chi connectivity index (χ1v) is 9.01. The van der Waals surface area contributed by atoms with E-state index in [1.54, 1.807) is 0 Å². The summed E-state index contributed by atoms with van der Waals surface area (Å²) >= 11 is 0. The van der Waals surface area contributed by atoms with Gasteiger partial charge < -0.3 is 15.4 Å². The van der Waals surface area contributed by atoms with Gasteiger partial charge in [-0.1, -0.05) is 44.2 Å². The molecule has 2 N–H and O–H groups in total. The van der Waals surface area contributed by atoms with Crippen LogP contribution in [0.15, 0.2) is 35.3 Å². The molecule has 25 heavy (non-hydrogen) atoms. The van der Waals surface area contributed by atoms with Crippen molar-refractivity contribution in [3.05, 3.63) is 35.9 Å². The summed E-state index contributed by atoms with van der Waals surface area (Å²) in [7, 11) is 1.83. The maximum absolute atomic E-state index is 5.47. The highest BCUT2D eigenvalue weighted by Gasteiger charge is 2.23. The van der Waals surface area contributed by atoms with Crippen LogP contribution in [0.1, 0.15) is 19.4 Å². The van der Waals surface area contributed by atoms with E-state index in [2.05, 4.69) is 64.7 Å². The standard InChI is InChI=1S/C19H32N4O.HI/c1-16(2)18(23-11-13-24-14-12-23)15-22-19(20-3)21-10-9-17-7-5-4-6-8-17;/h4-8,16,18H,9-15H2,1-3H3,(H2,20,21,22);1H. The van der Waals surface area contributed by atoms with Crippen molar-refractivity contribution in [2.24, 2.45) is 10.9 Å². The molecule has 0 bridgehead atoms. The van der Waals surface area contributed by atoms with Crippen LogP contribution in [0.3, 0.4) is 0 Å². The van der Waals surface area contributed by atoms with Crippen LogP contribution in [0.25, 0.3) is 0 Å². The highest BCUT2D eigenvalue weighted by molar-refractivity contribution is 14.0. The van der Waals surface area contributed by atoms with Gasteiger partial charge in [0.05, 0.1) is 13.2 Å². The summed E-state index contributed by atoms with van der Waals surface area (Å²) in [4.78, 5) is 6.87. The van der Waals surface area contributed by atoms with Crippen molar-refractivity contribution in [3.8, 4) is 0 Å². The predicted octanol–water partition coefficient (Wildman–Crippen LogP) is 2.37. The number of nitrogens with zero attached hydrogens (tertiary/aromatic N) is 2. The lowest BCUT2D eigenvalue weighted by molar-refractivity contribution is 0.00752. The summed E-state index contributed by atoms with van der Waals surface area (Å²) < 4.78 is 5.47. The molecule has 0 aliphatic carbocycles. The van der Waals surface area contributed by atoms with Gasteiger partial charge in [-0.15, -0.1) is 24.0 Å². The Hall–Kier alpha value is -0.860. The van der Waals surface area contributed by atoms with Crippen LogP contribution < -0.4 is 10.6 Å². The molecule has 1 saturated heterocycles. The molecule has 1 aromatic rings. The van der Waals surface area contributed by atoms with E-state index in [1.165, 1.54) is 5.56 Å². The van der Waals surface area contributed by atoms with Crippen LogP contribution in [-0.4, -0.2) is 63.3 Å². The van der Waals surface area contributed by atoms with Gasteiger partial charge in [-0.05, 0) is 17.9 Å². The Balaban J connectivity index is 0.00000312. The molecule has 2 rings (SSSR count). The molecular weight excluding hydrogens is 427 g/mol. The SMILES string of the molecule is CN=C(NCCc1ccccc1)NCC(C(C)C)N1CCOCC1.I. The maximum atomic E-state index is 5.47. The minimum atomic E-state index is 0. The summed E-state index contributed by atoms with van der Waals surface area (Å²) in [6.45, 7) is 10.1. The molecule has 1 aliphatic heterocycles. The smallest absolute Gasteiger partial charge is 0.191 e. The molecule has 1 unspecified atom stereocenters. The molecule has 1 aliphatic rings. The van der Waals surface area contributed by atoms with Gasteiger partial charge >= 0.3 is 0 Å². The van der Waals surface area contributed by atoms with Gasteiger partial charge in [-0.3, -0.25) is 9.89 Å². The minimum absolute atomic E-state index is 0. The van der Waals surface area contributed by atoms with Gasteiger partial charge in [0.2, 0.25) is 0 Å². The highest BCUT2D eigenvalue weighted by Crippen LogP contribution is 2.12. The van der Waals surface area contributed by atoms with E-state index in [0.717, 1.165) is 51.8 Å². The predicted molar refractivity (Wildman–Crippen MR) is 116 cm³/mol. The highest BCUT2D eigenvalue weighted by atomic mass is 127. The average Bonchev–Trinajstić information content (AvgIpc) is 2.62. The van der Waals surface area contributed by atoms with E-state index in [9.17, 15) is 0 Å². The number of ether oxygens (including phenoxy) is 1. The summed E-state index contributed by atoms with van der Waals surface area (Å²) in [5, 5.41) is 6.90. The van der Waals surface area contributed by atoms with Crippen molar-refractivity contribution in [1.29, 1.82) is 0 Å². The third-order valence-corrected chi connectivity index (χ3v) is 4.54. The van der Waals surface area contributed by atoms with Crippen LogP contribution in [0.4, 0.5) is 0 Å². The lowest BCUT2D eigenvalue weighted by atomic mass is 10.0. The molecule has 0 amide bonds. The zero-order valence-electron chi connectivity index (χ0n) is 15.7. The number of hydrogen-bond donors (Lipinski definition) is 2. The van der Waals surface area contributed by atoms with Crippen LogP contribution in [0, 0.1) is 5.92 Å². The number of guanidine groups is 1.